The SMILES string of the molecule is CCCC1(c2ccccc2)NC(=O)N(CC(=O)Nc2sc3c(c2C(=O)OC)CCC(C)C3)C1=O. The van der Waals surface area contributed by atoms with Crippen LogP contribution in [0.4, 0.5) is 9.80 Å². The van der Waals surface area contributed by atoms with Gasteiger partial charge in [0.25, 0.3) is 5.91 Å². The molecular formula is C25H29N3O5S. The molecule has 180 valence electrons. The summed E-state index contributed by atoms with van der Waals surface area (Å²) < 4.78 is 4.97. The van der Waals surface area contributed by atoms with Gasteiger partial charge in [-0.1, -0.05) is 50.6 Å². The van der Waals surface area contributed by atoms with E-state index in [1.807, 2.05) is 25.1 Å². The van der Waals surface area contributed by atoms with E-state index in [9.17, 15) is 19.2 Å². The lowest BCUT2D eigenvalue weighted by atomic mass is 9.85. The first kappa shape index (κ1) is 23.9. The number of benzene rings is 1. The lowest BCUT2D eigenvalue weighted by Gasteiger charge is -2.26. The lowest BCUT2D eigenvalue weighted by Crippen LogP contribution is -2.44. The fraction of sp³-hybridized carbons (Fsp3) is 0.440. The van der Waals surface area contributed by atoms with Gasteiger partial charge in [-0.3, -0.25) is 14.5 Å². The van der Waals surface area contributed by atoms with Crippen LogP contribution in [0.3, 0.4) is 0 Å². The van der Waals surface area contributed by atoms with Crippen molar-refractivity contribution in [3.63, 3.8) is 0 Å². The van der Waals surface area contributed by atoms with Gasteiger partial charge < -0.3 is 15.4 Å². The van der Waals surface area contributed by atoms with Gasteiger partial charge in [-0.2, -0.15) is 0 Å². The number of nitrogens with one attached hydrogen (secondary N) is 2. The Morgan fingerprint density at radius 1 is 1.26 bits per heavy atom. The molecule has 1 fully saturated rings. The number of anilines is 1. The Labute approximate surface area is 202 Å². The summed E-state index contributed by atoms with van der Waals surface area (Å²) >= 11 is 1.37. The maximum Gasteiger partial charge on any atom is 0.341 e. The number of nitrogens with zero attached hydrogens (tertiary/aromatic N) is 1. The zero-order chi connectivity index (χ0) is 24.5. The van der Waals surface area contributed by atoms with Gasteiger partial charge >= 0.3 is 12.0 Å². The maximum absolute atomic E-state index is 13.4. The van der Waals surface area contributed by atoms with Crippen molar-refractivity contribution >= 4 is 40.2 Å². The van der Waals surface area contributed by atoms with E-state index in [-0.39, 0.29) is 0 Å². The molecule has 0 bridgehead atoms. The predicted octanol–water partition coefficient (Wildman–Crippen LogP) is 3.85. The second-order valence-electron chi connectivity index (χ2n) is 8.94. The Balaban J connectivity index is 1.56. The molecule has 8 nitrogen and oxygen atoms in total. The number of methoxy groups -OCH3 is 1. The summed E-state index contributed by atoms with van der Waals surface area (Å²) in [6.45, 7) is 3.65. The zero-order valence-electron chi connectivity index (χ0n) is 19.6. The van der Waals surface area contributed by atoms with Gasteiger partial charge in [-0.15, -0.1) is 11.3 Å². The molecule has 9 heteroatoms. The van der Waals surface area contributed by atoms with Crippen molar-refractivity contribution < 1.29 is 23.9 Å². The minimum atomic E-state index is -1.19. The Morgan fingerprint density at radius 2 is 2.00 bits per heavy atom. The van der Waals surface area contributed by atoms with Crippen LogP contribution in [0.1, 0.15) is 59.5 Å². The molecule has 1 aliphatic heterocycles. The van der Waals surface area contributed by atoms with Crippen molar-refractivity contribution in [3.05, 3.63) is 51.9 Å². The van der Waals surface area contributed by atoms with Crippen molar-refractivity contribution in [1.29, 1.82) is 0 Å². The molecule has 1 aromatic carbocycles. The quantitative estimate of drug-likeness (QED) is 0.460. The predicted molar refractivity (Wildman–Crippen MR) is 129 cm³/mol. The highest BCUT2D eigenvalue weighted by Gasteiger charge is 2.52. The standard InChI is InChI=1S/C25H29N3O5S/c1-4-12-25(16-8-6-5-7-9-16)23(31)28(24(32)27-25)14-19(29)26-21-20(22(30)33-3)17-11-10-15(2)13-18(17)34-21/h5-9,15H,4,10-14H2,1-3H3,(H,26,29)(H,27,32). The van der Waals surface area contributed by atoms with E-state index in [0.717, 1.165) is 34.6 Å². The molecule has 4 amide bonds. The molecule has 4 rings (SSSR count). The average molecular weight is 484 g/mol. The van der Waals surface area contributed by atoms with Gasteiger partial charge in [0, 0.05) is 4.88 Å². The third kappa shape index (κ3) is 4.20. The molecule has 2 aliphatic rings. The third-order valence-electron chi connectivity index (χ3n) is 6.52. The molecule has 34 heavy (non-hydrogen) atoms. The minimum absolute atomic E-state index is 0.379. The van der Waals surface area contributed by atoms with E-state index in [2.05, 4.69) is 17.6 Å². The lowest BCUT2D eigenvalue weighted by molar-refractivity contribution is -0.134. The number of urea groups is 1. The Kier molecular flexibility index (Phi) is 6.74. The molecule has 0 radical (unpaired) electrons. The second kappa shape index (κ2) is 9.58. The Morgan fingerprint density at radius 3 is 2.68 bits per heavy atom. The Hall–Kier alpha value is -3.20. The van der Waals surface area contributed by atoms with Crippen LogP contribution in [0.25, 0.3) is 0 Å². The molecule has 1 saturated heterocycles. The minimum Gasteiger partial charge on any atom is -0.465 e. The second-order valence-corrected chi connectivity index (χ2v) is 10.0. The van der Waals surface area contributed by atoms with Gasteiger partial charge in [0.05, 0.1) is 12.7 Å². The monoisotopic (exact) mass is 483 g/mol. The molecule has 2 atom stereocenters. The van der Waals surface area contributed by atoms with Crippen molar-refractivity contribution in [2.24, 2.45) is 5.92 Å². The summed E-state index contributed by atoms with van der Waals surface area (Å²) in [5.41, 5.74) is 0.796. The van der Waals surface area contributed by atoms with Gasteiger partial charge in [-0.25, -0.2) is 9.59 Å². The van der Waals surface area contributed by atoms with Crippen LogP contribution in [0.2, 0.25) is 0 Å². The number of thiophene rings is 1. The Bertz CT molecular complexity index is 1130. The van der Waals surface area contributed by atoms with E-state index >= 15 is 0 Å². The summed E-state index contributed by atoms with van der Waals surface area (Å²) in [4.78, 5) is 53.7. The van der Waals surface area contributed by atoms with E-state index in [4.69, 9.17) is 4.74 Å². The molecule has 1 aliphatic carbocycles. The number of amides is 4. The van der Waals surface area contributed by atoms with E-state index in [0.29, 0.717) is 34.9 Å². The van der Waals surface area contributed by atoms with Gasteiger partial charge in [-0.05, 0) is 42.7 Å². The fourth-order valence-corrected chi connectivity index (χ4v) is 6.26. The van der Waals surface area contributed by atoms with Crippen LogP contribution in [0.5, 0.6) is 0 Å². The largest absolute Gasteiger partial charge is 0.465 e. The fourth-order valence-electron chi connectivity index (χ4n) is 4.84. The maximum atomic E-state index is 13.4. The normalized spacial score (nSPS) is 21.7. The summed E-state index contributed by atoms with van der Waals surface area (Å²) in [5.74, 6) is -0.993. The van der Waals surface area contributed by atoms with Crippen LogP contribution in [0.15, 0.2) is 30.3 Å². The summed E-state index contributed by atoms with van der Waals surface area (Å²) in [7, 11) is 1.31. The first-order valence-corrected chi connectivity index (χ1v) is 12.3. The van der Waals surface area contributed by atoms with E-state index in [1.165, 1.54) is 18.4 Å². The number of esters is 1. The number of rotatable bonds is 7. The van der Waals surface area contributed by atoms with Crippen molar-refractivity contribution in [3.8, 4) is 0 Å². The van der Waals surface area contributed by atoms with E-state index in [1.54, 1.807) is 12.1 Å². The number of carbonyl (C=O) groups is 4. The highest BCUT2D eigenvalue weighted by molar-refractivity contribution is 7.17. The van der Waals surface area contributed by atoms with Gasteiger partial charge in [0.2, 0.25) is 5.91 Å². The van der Waals surface area contributed by atoms with Crippen LogP contribution in [-0.4, -0.2) is 42.4 Å². The zero-order valence-corrected chi connectivity index (χ0v) is 20.4. The van der Waals surface area contributed by atoms with Gasteiger partial charge in [0.1, 0.15) is 17.1 Å². The molecular weight excluding hydrogens is 454 g/mol. The topological polar surface area (TPSA) is 105 Å². The summed E-state index contributed by atoms with van der Waals surface area (Å²) in [6, 6.07) is 8.47. The van der Waals surface area contributed by atoms with Crippen molar-refractivity contribution in [2.45, 2.75) is 51.5 Å². The molecule has 1 aromatic heterocycles. The highest BCUT2D eigenvalue weighted by atomic mass is 32.1. The molecule has 2 unspecified atom stereocenters. The van der Waals surface area contributed by atoms with E-state index < -0.39 is 35.9 Å². The van der Waals surface area contributed by atoms with Gasteiger partial charge in [0.15, 0.2) is 0 Å². The number of carbonyl (C=O) groups excluding carboxylic acids is 4. The molecule has 0 spiro atoms. The number of hydrogen-bond acceptors (Lipinski definition) is 6. The van der Waals surface area contributed by atoms with Crippen LogP contribution < -0.4 is 10.6 Å². The number of fused-ring (bicyclic) bond motifs is 1. The van der Waals surface area contributed by atoms with Crippen molar-refractivity contribution in [1.82, 2.24) is 10.2 Å². The summed E-state index contributed by atoms with van der Waals surface area (Å²) in [6.07, 6.45) is 3.63. The average Bonchev–Trinajstić information content (AvgIpc) is 3.29. The van der Waals surface area contributed by atoms with Crippen LogP contribution >= 0.6 is 11.3 Å². The van der Waals surface area contributed by atoms with Crippen LogP contribution in [0, 0.1) is 5.92 Å². The first-order chi connectivity index (χ1) is 16.3. The molecule has 2 aromatic rings. The van der Waals surface area contributed by atoms with Crippen molar-refractivity contribution in [2.75, 3.05) is 19.0 Å². The first-order valence-electron chi connectivity index (χ1n) is 11.5. The number of imide groups is 1. The molecule has 2 heterocycles. The number of hydrogen-bond donors (Lipinski definition) is 2. The smallest absolute Gasteiger partial charge is 0.341 e. The molecule has 0 saturated carbocycles. The van der Waals surface area contributed by atoms with Crippen LogP contribution in [-0.2, 0) is 32.7 Å². The number of ether oxygens (including phenoxy) is 1. The highest BCUT2D eigenvalue weighted by Crippen LogP contribution is 2.40. The summed E-state index contributed by atoms with van der Waals surface area (Å²) in [5, 5.41) is 6.00. The third-order valence-corrected chi connectivity index (χ3v) is 7.69. The molecule has 2 N–H and O–H groups in total.